The molecule has 1 fully saturated rings. The lowest BCUT2D eigenvalue weighted by Crippen LogP contribution is -2.39. The van der Waals surface area contributed by atoms with Gasteiger partial charge in [-0.15, -0.1) is 0 Å². The van der Waals surface area contributed by atoms with E-state index >= 15 is 0 Å². The molecule has 1 aromatic carbocycles. The van der Waals surface area contributed by atoms with Crippen LogP contribution >= 0.6 is 0 Å². The number of carbonyl (C=O) groups excluding carboxylic acids is 1. The van der Waals surface area contributed by atoms with Crippen LogP contribution < -0.4 is 0 Å². The highest BCUT2D eigenvalue weighted by molar-refractivity contribution is 5.92. The molecule has 1 aliphatic heterocycles. The second kappa shape index (κ2) is 7.01. The van der Waals surface area contributed by atoms with Crippen LogP contribution in [0.1, 0.15) is 28.9 Å². The van der Waals surface area contributed by atoms with Crippen LogP contribution in [0.2, 0.25) is 0 Å². The number of hydrogen-bond donors (Lipinski definition) is 0. The summed E-state index contributed by atoms with van der Waals surface area (Å²) in [4.78, 5) is 23.1. The molecule has 0 aliphatic carbocycles. The molecule has 3 aromatic rings. The van der Waals surface area contributed by atoms with Gasteiger partial charge in [-0.3, -0.25) is 14.8 Å². The van der Waals surface area contributed by atoms with Crippen molar-refractivity contribution in [2.45, 2.75) is 19.3 Å². The first-order valence-electron chi connectivity index (χ1n) is 8.83. The maximum Gasteiger partial charge on any atom is 0.272 e. The van der Waals surface area contributed by atoms with E-state index in [1.54, 1.807) is 12.3 Å². The zero-order valence-corrected chi connectivity index (χ0v) is 14.1. The van der Waals surface area contributed by atoms with E-state index in [0.29, 0.717) is 11.6 Å². The second-order valence-corrected chi connectivity index (χ2v) is 6.69. The number of carbonyl (C=O) groups is 1. The molecule has 3 heterocycles. The normalized spacial score (nSPS) is 15.4. The fourth-order valence-electron chi connectivity index (χ4n) is 3.55. The van der Waals surface area contributed by atoms with Gasteiger partial charge in [0.25, 0.3) is 5.91 Å². The minimum absolute atomic E-state index is 0.0476. The van der Waals surface area contributed by atoms with Crippen molar-refractivity contribution in [2.75, 3.05) is 13.1 Å². The van der Waals surface area contributed by atoms with Gasteiger partial charge in [-0.2, -0.15) is 0 Å². The maximum atomic E-state index is 12.5. The van der Waals surface area contributed by atoms with Crippen molar-refractivity contribution in [3.63, 3.8) is 0 Å². The molecule has 0 spiro atoms. The molecule has 1 saturated heterocycles. The fraction of sp³-hybridized carbons (Fsp3) is 0.286. The summed E-state index contributed by atoms with van der Waals surface area (Å²) >= 11 is 0. The minimum Gasteiger partial charge on any atom is -0.337 e. The van der Waals surface area contributed by atoms with Gasteiger partial charge in [-0.25, -0.2) is 0 Å². The Hall–Kier alpha value is -2.75. The van der Waals surface area contributed by atoms with Gasteiger partial charge in [0.2, 0.25) is 0 Å². The average molecular weight is 331 g/mol. The average Bonchev–Trinajstić information content (AvgIpc) is 2.69. The lowest BCUT2D eigenvalue weighted by molar-refractivity contribution is 0.0684. The lowest BCUT2D eigenvalue weighted by Gasteiger charge is -2.31. The van der Waals surface area contributed by atoms with Crippen molar-refractivity contribution in [1.82, 2.24) is 14.9 Å². The Morgan fingerprint density at radius 1 is 1.04 bits per heavy atom. The Morgan fingerprint density at radius 2 is 1.84 bits per heavy atom. The van der Waals surface area contributed by atoms with Crippen LogP contribution in [-0.2, 0) is 6.42 Å². The molecular weight excluding hydrogens is 310 g/mol. The van der Waals surface area contributed by atoms with Crippen molar-refractivity contribution in [1.29, 1.82) is 0 Å². The van der Waals surface area contributed by atoms with Gasteiger partial charge in [0.15, 0.2) is 0 Å². The predicted octanol–water partition coefficient (Wildman–Crippen LogP) is 3.72. The summed E-state index contributed by atoms with van der Waals surface area (Å²) in [5, 5.41) is 1.20. The zero-order valence-electron chi connectivity index (χ0n) is 14.1. The third-order valence-corrected chi connectivity index (χ3v) is 4.96. The maximum absolute atomic E-state index is 12.5. The first-order chi connectivity index (χ1) is 12.3. The molecule has 4 nitrogen and oxygen atoms in total. The van der Waals surface area contributed by atoms with Gasteiger partial charge < -0.3 is 4.90 Å². The minimum atomic E-state index is 0.0476. The van der Waals surface area contributed by atoms with Crippen LogP contribution in [-0.4, -0.2) is 33.9 Å². The SMILES string of the molecule is O=C(c1ccccn1)N1CCC(Cc2cnc3ccccc3c2)CC1. The summed E-state index contributed by atoms with van der Waals surface area (Å²) in [6.07, 6.45) is 6.76. The second-order valence-electron chi connectivity index (χ2n) is 6.69. The molecule has 0 bridgehead atoms. The van der Waals surface area contributed by atoms with Gasteiger partial charge >= 0.3 is 0 Å². The Bertz CT molecular complexity index is 870. The number of para-hydroxylation sites is 1. The van der Waals surface area contributed by atoms with E-state index in [2.05, 4.69) is 28.2 Å². The van der Waals surface area contributed by atoms with E-state index in [1.165, 1.54) is 10.9 Å². The van der Waals surface area contributed by atoms with Crippen LogP contribution in [0.4, 0.5) is 0 Å². The number of fused-ring (bicyclic) bond motifs is 1. The number of aromatic nitrogens is 2. The molecule has 1 aliphatic rings. The predicted molar refractivity (Wildman–Crippen MR) is 98.3 cm³/mol. The van der Waals surface area contributed by atoms with E-state index in [9.17, 15) is 4.79 Å². The number of piperidine rings is 1. The van der Waals surface area contributed by atoms with E-state index in [-0.39, 0.29) is 5.91 Å². The third-order valence-electron chi connectivity index (χ3n) is 4.96. The Morgan fingerprint density at radius 3 is 2.64 bits per heavy atom. The standard InChI is InChI=1S/C21H21N3O/c25-21(20-7-3-4-10-22-20)24-11-8-16(9-12-24)13-17-14-18-5-1-2-6-19(18)23-15-17/h1-7,10,14-16H,8-9,11-13H2. The van der Waals surface area contributed by atoms with Gasteiger partial charge in [0, 0.05) is 30.9 Å². The number of hydrogen-bond acceptors (Lipinski definition) is 3. The van der Waals surface area contributed by atoms with Crippen molar-refractivity contribution in [3.8, 4) is 0 Å². The van der Waals surface area contributed by atoms with E-state index in [1.807, 2.05) is 35.4 Å². The van der Waals surface area contributed by atoms with Crippen molar-refractivity contribution in [3.05, 3.63) is 72.2 Å². The van der Waals surface area contributed by atoms with Crippen molar-refractivity contribution < 1.29 is 4.79 Å². The van der Waals surface area contributed by atoms with Crippen LogP contribution in [0.3, 0.4) is 0 Å². The quantitative estimate of drug-likeness (QED) is 0.735. The van der Waals surface area contributed by atoms with Crippen LogP contribution in [0, 0.1) is 5.92 Å². The molecule has 4 heteroatoms. The molecule has 0 radical (unpaired) electrons. The molecule has 2 aromatic heterocycles. The molecular formula is C21H21N3O. The van der Waals surface area contributed by atoms with Gasteiger partial charge in [0.05, 0.1) is 5.52 Å². The highest BCUT2D eigenvalue weighted by Gasteiger charge is 2.24. The van der Waals surface area contributed by atoms with Crippen molar-refractivity contribution >= 4 is 16.8 Å². The van der Waals surface area contributed by atoms with Gasteiger partial charge in [-0.1, -0.05) is 24.3 Å². The topological polar surface area (TPSA) is 46.1 Å². The first kappa shape index (κ1) is 15.8. The third kappa shape index (κ3) is 3.53. The number of amides is 1. The molecule has 126 valence electrons. The Labute approximate surface area is 147 Å². The van der Waals surface area contributed by atoms with E-state index in [4.69, 9.17) is 0 Å². The van der Waals surface area contributed by atoms with E-state index < -0.39 is 0 Å². The van der Waals surface area contributed by atoms with Gasteiger partial charge in [-0.05, 0) is 55.0 Å². The summed E-state index contributed by atoms with van der Waals surface area (Å²) in [6.45, 7) is 1.61. The van der Waals surface area contributed by atoms with Crippen LogP contribution in [0.5, 0.6) is 0 Å². The Balaban J connectivity index is 1.37. The van der Waals surface area contributed by atoms with Gasteiger partial charge in [0.1, 0.15) is 5.69 Å². The molecule has 0 saturated carbocycles. The molecule has 4 rings (SSSR count). The van der Waals surface area contributed by atoms with Crippen LogP contribution in [0.15, 0.2) is 60.9 Å². The van der Waals surface area contributed by atoms with Crippen LogP contribution in [0.25, 0.3) is 10.9 Å². The number of benzene rings is 1. The molecule has 0 unspecified atom stereocenters. The monoisotopic (exact) mass is 331 g/mol. The number of likely N-dealkylation sites (tertiary alicyclic amines) is 1. The lowest BCUT2D eigenvalue weighted by atomic mass is 9.90. The summed E-state index contributed by atoms with van der Waals surface area (Å²) in [5.74, 6) is 0.655. The smallest absolute Gasteiger partial charge is 0.272 e. The summed E-state index contributed by atoms with van der Waals surface area (Å²) in [7, 11) is 0. The molecule has 25 heavy (non-hydrogen) atoms. The number of pyridine rings is 2. The highest BCUT2D eigenvalue weighted by Crippen LogP contribution is 2.23. The molecule has 1 amide bonds. The Kier molecular flexibility index (Phi) is 4.42. The van der Waals surface area contributed by atoms with Crippen molar-refractivity contribution in [2.24, 2.45) is 5.92 Å². The first-order valence-corrected chi connectivity index (χ1v) is 8.83. The summed E-state index contributed by atoms with van der Waals surface area (Å²) in [5.41, 5.74) is 2.87. The zero-order chi connectivity index (χ0) is 17.1. The fourth-order valence-corrected chi connectivity index (χ4v) is 3.55. The largest absolute Gasteiger partial charge is 0.337 e. The highest BCUT2D eigenvalue weighted by atomic mass is 16.2. The molecule has 0 atom stereocenters. The summed E-state index contributed by atoms with van der Waals surface area (Å²) < 4.78 is 0. The molecule has 0 N–H and O–H groups in total. The number of nitrogens with zero attached hydrogens (tertiary/aromatic N) is 3. The number of rotatable bonds is 3. The van der Waals surface area contributed by atoms with E-state index in [0.717, 1.165) is 37.9 Å². The summed E-state index contributed by atoms with van der Waals surface area (Å²) in [6, 6.07) is 15.9.